The van der Waals surface area contributed by atoms with Crippen LogP contribution in [0.1, 0.15) is 58.8 Å². The van der Waals surface area contributed by atoms with Gasteiger partial charge in [0, 0.05) is 6.61 Å². The lowest BCUT2D eigenvalue weighted by atomic mass is 9.95. The molecule has 1 N–H and O–H groups in total. The Hall–Kier alpha value is -0.0400. The number of unbranched alkanes of at least 4 members (excludes halogenated alkanes) is 3. The summed E-state index contributed by atoms with van der Waals surface area (Å²) < 4.78 is 0. The molecular formula is C11H24O. The number of rotatable bonds is 8. The van der Waals surface area contributed by atoms with E-state index in [0.29, 0.717) is 6.61 Å². The third kappa shape index (κ3) is 6.66. The Balaban J connectivity index is 3.19. The normalized spacial score (nSPS) is 13.2. The topological polar surface area (TPSA) is 20.2 Å². The first kappa shape index (κ1) is 12.0. The zero-order chi connectivity index (χ0) is 9.23. The summed E-state index contributed by atoms with van der Waals surface area (Å²) in [5, 5.41) is 8.77. The fourth-order valence-corrected chi connectivity index (χ4v) is 1.59. The Morgan fingerprint density at radius 2 is 1.75 bits per heavy atom. The summed E-state index contributed by atoms with van der Waals surface area (Å²) in [4.78, 5) is 0. The van der Waals surface area contributed by atoms with E-state index in [0.717, 1.165) is 12.3 Å². The molecule has 1 nitrogen and oxygen atoms in total. The molecule has 1 heteroatoms. The molecule has 0 bridgehead atoms. The molecular weight excluding hydrogens is 148 g/mol. The molecule has 0 aliphatic rings. The van der Waals surface area contributed by atoms with Crippen LogP contribution in [-0.2, 0) is 0 Å². The predicted molar refractivity (Wildman–Crippen MR) is 54.2 cm³/mol. The summed E-state index contributed by atoms with van der Waals surface area (Å²) in [6, 6.07) is 0. The summed E-state index contributed by atoms with van der Waals surface area (Å²) in [6.45, 7) is 4.83. The van der Waals surface area contributed by atoms with Crippen LogP contribution in [0.2, 0.25) is 0 Å². The molecule has 0 radical (unpaired) electrons. The van der Waals surface area contributed by atoms with Gasteiger partial charge in [-0.15, -0.1) is 0 Å². The second-order valence-corrected chi connectivity index (χ2v) is 3.64. The van der Waals surface area contributed by atoms with Gasteiger partial charge in [-0.2, -0.15) is 0 Å². The van der Waals surface area contributed by atoms with Gasteiger partial charge in [0.2, 0.25) is 0 Å². The summed E-state index contributed by atoms with van der Waals surface area (Å²) in [5.74, 6) is 0.770. The summed E-state index contributed by atoms with van der Waals surface area (Å²) in [6.07, 6.45) is 8.96. The highest BCUT2D eigenvalue weighted by molar-refractivity contribution is 4.56. The Labute approximate surface area is 77.2 Å². The van der Waals surface area contributed by atoms with Gasteiger partial charge in [-0.05, 0) is 12.3 Å². The van der Waals surface area contributed by atoms with E-state index in [-0.39, 0.29) is 0 Å². The van der Waals surface area contributed by atoms with E-state index in [9.17, 15) is 0 Å². The van der Waals surface area contributed by atoms with Crippen molar-refractivity contribution in [2.45, 2.75) is 58.8 Å². The molecule has 1 unspecified atom stereocenters. The molecule has 0 spiro atoms. The molecule has 0 aromatic heterocycles. The van der Waals surface area contributed by atoms with Crippen molar-refractivity contribution >= 4 is 0 Å². The van der Waals surface area contributed by atoms with Gasteiger partial charge in [0.1, 0.15) is 0 Å². The minimum Gasteiger partial charge on any atom is -0.396 e. The van der Waals surface area contributed by atoms with E-state index in [2.05, 4.69) is 13.8 Å². The maximum atomic E-state index is 8.77. The smallest absolute Gasteiger partial charge is 0.0433 e. The number of hydrogen-bond donors (Lipinski definition) is 1. The number of aliphatic hydroxyl groups excluding tert-OH is 1. The first-order valence-electron chi connectivity index (χ1n) is 5.46. The second-order valence-electron chi connectivity index (χ2n) is 3.64. The lowest BCUT2D eigenvalue weighted by Gasteiger charge is -2.12. The Morgan fingerprint density at radius 1 is 1.00 bits per heavy atom. The Kier molecular flexibility index (Phi) is 9.02. The third-order valence-electron chi connectivity index (χ3n) is 2.58. The lowest BCUT2D eigenvalue weighted by Crippen LogP contribution is -2.01. The first-order valence-corrected chi connectivity index (χ1v) is 5.46. The molecule has 0 aliphatic carbocycles. The number of hydrogen-bond acceptors (Lipinski definition) is 1. The molecule has 0 aromatic rings. The van der Waals surface area contributed by atoms with Gasteiger partial charge >= 0.3 is 0 Å². The zero-order valence-corrected chi connectivity index (χ0v) is 8.68. The molecule has 0 saturated heterocycles. The molecule has 0 saturated carbocycles. The molecule has 0 fully saturated rings. The van der Waals surface area contributed by atoms with Gasteiger partial charge in [-0.3, -0.25) is 0 Å². The van der Waals surface area contributed by atoms with Crippen LogP contribution in [0, 0.1) is 5.92 Å². The van der Waals surface area contributed by atoms with E-state index in [4.69, 9.17) is 5.11 Å². The summed E-state index contributed by atoms with van der Waals surface area (Å²) >= 11 is 0. The molecule has 0 heterocycles. The van der Waals surface area contributed by atoms with Crippen molar-refractivity contribution in [2.24, 2.45) is 5.92 Å². The van der Waals surface area contributed by atoms with E-state index in [1.165, 1.54) is 38.5 Å². The highest BCUT2D eigenvalue weighted by atomic mass is 16.3. The largest absolute Gasteiger partial charge is 0.396 e. The third-order valence-corrected chi connectivity index (χ3v) is 2.58. The van der Waals surface area contributed by atoms with E-state index < -0.39 is 0 Å². The monoisotopic (exact) mass is 172 g/mol. The van der Waals surface area contributed by atoms with Crippen molar-refractivity contribution < 1.29 is 5.11 Å². The molecule has 74 valence electrons. The fourth-order valence-electron chi connectivity index (χ4n) is 1.59. The van der Waals surface area contributed by atoms with Gasteiger partial charge in [0.25, 0.3) is 0 Å². The minimum atomic E-state index is 0.367. The average molecular weight is 172 g/mol. The van der Waals surface area contributed by atoms with Crippen LogP contribution < -0.4 is 0 Å². The van der Waals surface area contributed by atoms with Crippen molar-refractivity contribution in [3.63, 3.8) is 0 Å². The van der Waals surface area contributed by atoms with Crippen LogP contribution in [-0.4, -0.2) is 11.7 Å². The number of aliphatic hydroxyl groups is 1. The molecule has 12 heavy (non-hydrogen) atoms. The Morgan fingerprint density at radius 3 is 2.25 bits per heavy atom. The predicted octanol–water partition coefficient (Wildman–Crippen LogP) is 3.37. The van der Waals surface area contributed by atoms with Crippen LogP contribution in [0.3, 0.4) is 0 Å². The molecule has 0 amide bonds. The van der Waals surface area contributed by atoms with Crippen molar-refractivity contribution in [2.75, 3.05) is 6.61 Å². The maximum Gasteiger partial charge on any atom is 0.0433 e. The average Bonchev–Trinajstić information content (AvgIpc) is 2.10. The van der Waals surface area contributed by atoms with Crippen LogP contribution >= 0.6 is 0 Å². The molecule has 0 rings (SSSR count). The standard InChI is InChI=1S/C11H24O/c1-3-5-6-7-8-11(4-2)9-10-12/h11-12H,3-10H2,1-2H3. The first-order chi connectivity index (χ1) is 5.85. The van der Waals surface area contributed by atoms with Gasteiger partial charge in [-0.1, -0.05) is 52.4 Å². The van der Waals surface area contributed by atoms with Crippen molar-refractivity contribution in [1.29, 1.82) is 0 Å². The zero-order valence-electron chi connectivity index (χ0n) is 8.68. The van der Waals surface area contributed by atoms with E-state index in [1.807, 2.05) is 0 Å². The van der Waals surface area contributed by atoms with Gasteiger partial charge in [0.15, 0.2) is 0 Å². The maximum absolute atomic E-state index is 8.77. The van der Waals surface area contributed by atoms with Gasteiger partial charge in [0.05, 0.1) is 0 Å². The van der Waals surface area contributed by atoms with Crippen LogP contribution in [0.15, 0.2) is 0 Å². The summed E-state index contributed by atoms with van der Waals surface area (Å²) in [7, 11) is 0. The SMILES string of the molecule is CCCCCCC(CC)CCO. The van der Waals surface area contributed by atoms with Gasteiger partial charge in [-0.25, -0.2) is 0 Å². The van der Waals surface area contributed by atoms with Crippen molar-refractivity contribution in [3.8, 4) is 0 Å². The highest BCUT2D eigenvalue weighted by Crippen LogP contribution is 2.16. The van der Waals surface area contributed by atoms with E-state index in [1.54, 1.807) is 0 Å². The van der Waals surface area contributed by atoms with Crippen molar-refractivity contribution in [3.05, 3.63) is 0 Å². The lowest BCUT2D eigenvalue weighted by molar-refractivity contribution is 0.247. The van der Waals surface area contributed by atoms with Crippen molar-refractivity contribution in [1.82, 2.24) is 0 Å². The molecule has 0 aromatic carbocycles. The fraction of sp³-hybridized carbons (Fsp3) is 1.00. The quantitative estimate of drug-likeness (QED) is 0.557. The minimum absolute atomic E-state index is 0.367. The Bertz CT molecular complexity index is 81.1. The molecule has 1 atom stereocenters. The second kappa shape index (κ2) is 9.05. The van der Waals surface area contributed by atoms with Gasteiger partial charge < -0.3 is 5.11 Å². The van der Waals surface area contributed by atoms with Crippen LogP contribution in [0.4, 0.5) is 0 Å². The highest BCUT2D eigenvalue weighted by Gasteiger charge is 2.04. The van der Waals surface area contributed by atoms with Crippen LogP contribution in [0.5, 0.6) is 0 Å². The van der Waals surface area contributed by atoms with Crippen LogP contribution in [0.25, 0.3) is 0 Å². The summed E-state index contributed by atoms with van der Waals surface area (Å²) in [5.41, 5.74) is 0. The van der Waals surface area contributed by atoms with E-state index >= 15 is 0 Å². The molecule has 0 aliphatic heterocycles.